The summed E-state index contributed by atoms with van der Waals surface area (Å²) in [4.78, 5) is 28.7. The number of imide groups is 1. The van der Waals surface area contributed by atoms with E-state index in [4.69, 9.17) is 0 Å². The van der Waals surface area contributed by atoms with Crippen LogP contribution in [0, 0.1) is 5.82 Å². The van der Waals surface area contributed by atoms with E-state index in [1.165, 1.54) is 17.0 Å². The predicted octanol–water partition coefficient (Wildman–Crippen LogP) is 2.49. The van der Waals surface area contributed by atoms with Crippen molar-refractivity contribution in [1.29, 1.82) is 0 Å². The molecule has 4 rings (SSSR count). The van der Waals surface area contributed by atoms with Crippen molar-refractivity contribution < 1.29 is 18.9 Å². The first-order valence-corrected chi connectivity index (χ1v) is 10.3. The van der Waals surface area contributed by atoms with Crippen LogP contribution in [0.4, 0.5) is 9.18 Å². The SMILES string of the molecule is C[NH+](Cc1cccc(F)c1)CN1C(=O)N[C@@](Cc2ccccc2)(c2ccccc2)C1=O. The van der Waals surface area contributed by atoms with Gasteiger partial charge in [-0.05, 0) is 23.3 Å². The Kier molecular flexibility index (Phi) is 5.82. The molecular weight excluding hydrogens is 393 g/mol. The molecule has 1 heterocycles. The van der Waals surface area contributed by atoms with Crippen molar-refractivity contribution in [3.63, 3.8) is 0 Å². The molecule has 2 atom stereocenters. The Labute approximate surface area is 181 Å². The number of carbonyl (C=O) groups is 2. The first-order chi connectivity index (χ1) is 15.0. The van der Waals surface area contributed by atoms with E-state index in [2.05, 4.69) is 5.32 Å². The topological polar surface area (TPSA) is 53.9 Å². The van der Waals surface area contributed by atoms with E-state index in [-0.39, 0.29) is 18.4 Å². The molecule has 158 valence electrons. The second-order valence-corrected chi connectivity index (χ2v) is 8.02. The molecule has 6 heteroatoms. The van der Waals surface area contributed by atoms with Gasteiger partial charge in [-0.3, -0.25) is 4.79 Å². The number of amides is 3. The third-order valence-electron chi connectivity index (χ3n) is 5.58. The van der Waals surface area contributed by atoms with E-state index in [9.17, 15) is 14.0 Å². The minimum atomic E-state index is -1.15. The number of benzene rings is 3. The molecule has 1 aliphatic rings. The van der Waals surface area contributed by atoms with Crippen LogP contribution in [0.3, 0.4) is 0 Å². The van der Waals surface area contributed by atoms with Crippen LogP contribution in [0.1, 0.15) is 16.7 Å². The molecule has 3 aromatic carbocycles. The van der Waals surface area contributed by atoms with E-state index in [0.717, 1.165) is 21.6 Å². The molecule has 0 aliphatic carbocycles. The van der Waals surface area contributed by atoms with Crippen molar-refractivity contribution in [3.05, 3.63) is 107 Å². The Morgan fingerprint density at radius 1 is 0.903 bits per heavy atom. The van der Waals surface area contributed by atoms with E-state index in [1.54, 1.807) is 6.07 Å². The summed E-state index contributed by atoms with van der Waals surface area (Å²) >= 11 is 0. The van der Waals surface area contributed by atoms with Crippen LogP contribution in [-0.2, 0) is 23.3 Å². The fraction of sp³-hybridized carbons (Fsp3) is 0.200. The molecule has 5 nitrogen and oxygen atoms in total. The van der Waals surface area contributed by atoms with Gasteiger partial charge in [0.25, 0.3) is 5.91 Å². The monoisotopic (exact) mass is 418 g/mol. The van der Waals surface area contributed by atoms with Gasteiger partial charge in [-0.15, -0.1) is 0 Å². The summed E-state index contributed by atoms with van der Waals surface area (Å²) in [6.45, 7) is 0.677. The average molecular weight is 418 g/mol. The number of carbonyl (C=O) groups excluding carboxylic acids is 2. The maximum atomic E-state index is 13.7. The molecule has 0 aromatic heterocycles. The van der Waals surface area contributed by atoms with Crippen LogP contribution in [0.15, 0.2) is 84.9 Å². The van der Waals surface area contributed by atoms with Gasteiger partial charge in [-0.2, -0.15) is 0 Å². The summed E-state index contributed by atoms with van der Waals surface area (Å²) in [5.41, 5.74) is 1.37. The van der Waals surface area contributed by atoms with Crippen LogP contribution in [0.2, 0.25) is 0 Å². The van der Waals surface area contributed by atoms with Crippen molar-refractivity contribution in [2.45, 2.75) is 18.5 Å². The van der Waals surface area contributed by atoms with Crippen molar-refractivity contribution in [2.75, 3.05) is 13.7 Å². The molecule has 0 spiro atoms. The Morgan fingerprint density at radius 3 is 2.23 bits per heavy atom. The zero-order valence-corrected chi connectivity index (χ0v) is 17.3. The van der Waals surface area contributed by atoms with Gasteiger partial charge in [0.1, 0.15) is 12.4 Å². The summed E-state index contributed by atoms with van der Waals surface area (Å²) in [5.74, 6) is -0.572. The van der Waals surface area contributed by atoms with Gasteiger partial charge < -0.3 is 10.2 Å². The van der Waals surface area contributed by atoms with Crippen LogP contribution < -0.4 is 10.2 Å². The molecule has 1 fully saturated rings. The number of hydrogen-bond donors (Lipinski definition) is 2. The quantitative estimate of drug-likeness (QED) is 0.580. The van der Waals surface area contributed by atoms with E-state index >= 15 is 0 Å². The molecule has 3 aromatic rings. The van der Waals surface area contributed by atoms with Gasteiger partial charge >= 0.3 is 6.03 Å². The zero-order valence-electron chi connectivity index (χ0n) is 17.3. The third kappa shape index (κ3) is 4.34. The lowest BCUT2D eigenvalue weighted by molar-refractivity contribution is -0.901. The minimum absolute atomic E-state index is 0.185. The van der Waals surface area contributed by atoms with Gasteiger partial charge in [-0.1, -0.05) is 72.8 Å². The van der Waals surface area contributed by atoms with Gasteiger partial charge in [0, 0.05) is 12.0 Å². The zero-order chi connectivity index (χ0) is 21.8. The van der Waals surface area contributed by atoms with E-state index in [0.29, 0.717) is 13.0 Å². The molecule has 31 heavy (non-hydrogen) atoms. The van der Waals surface area contributed by atoms with Crippen molar-refractivity contribution in [2.24, 2.45) is 0 Å². The normalized spacial score (nSPS) is 19.4. The van der Waals surface area contributed by atoms with Crippen LogP contribution in [0.5, 0.6) is 0 Å². The molecule has 0 radical (unpaired) electrons. The fourth-order valence-corrected chi connectivity index (χ4v) is 4.13. The fourth-order valence-electron chi connectivity index (χ4n) is 4.13. The summed E-state index contributed by atoms with van der Waals surface area (Å²) in [7, 11) is 1.88. The lowest BCUT2D eigenvalue weighted by atomic mass is 9.83. The smallest absolute Gasteiger partial charge is 0.319 e. The highest BCUT2D eigenvalue weighted by molar-refractivity contribution is 6.07. The number of quaternary nitrogens is 1. The summed E-state index contributed by atoms with van der Waals surface area (Å²) in [6.07, 6.45) is 0.363. The van der Waals surface area contributed by atoms with Gasteiger partial charge in [0.2, 0.25) is 0 Å². The van der Waals surface area contributed by atoms with Crippen LogP contribution in [-0.4, -0.2) is 30.6 Å². The predicted molar refractivity (Wildman–Crippen MR) is 116 cm³/mol. The molecular formula is C25H25FN3O2+. The van der Waals surface area contributed by atoms with E-state index in [1.807, 2.05) is 73.8 Å². The second kappa shape index (κ2) is 8.70. The van der Waals surface area contributed by atoms with Gasteiger partial charge in [0.05, 0.1) is 7.05 Å². The molecule has 1 saturated heterocycles. The summed E-state index contributed by atoms with van der Waals surface area (Å²) in [6, 6.07) is 25.0. The molecule has 0 saturated carbocycles. The molecule has 2 N–H and O–H groups in total. The number of urea groups is 1. The average Bonchev–Trinajstić information content (AvgIpc) is 3.00. The number of halogens is 1. The standard InChI is InChI=1S/C25H24FN3O2/c1-28(17-20-11-8-14-22(26)15-20)18-29-23(30)25(27-24(29)31,21-12-6-3-7-13-21)16-19-9-4-2-5-10-19/h2-15H,16-18H2,1H3,(H,27,31)/p+1/t25-/m0/s1. The summed E-state index contributed by atoms with van der Waals surface area (Å²) in [5, 5.41) is 2.97. The third-order valence-corrected chi connectivity index (χ3v) is 5.58. The number of rotatable bonds is 7. The van der Waals surface area contributed by atoms with Crippen molar-refractivity contribution in [1.82, 2.24) is 10.2 Å². The number of nitrogens with one attached hydrogen (secondary N) is 2. The summed E-state index contributed by atoms with van der Waals surface area (Å²) < 4.78 is 13.5. The maximum Gasteiger partial charge on any atom is 0.329 e. The lowest BCUT2D eigenvalue weighted by Crippen LogP contribution is -3.09. The van der Waals surface area contributed by atoms with E-state index < -0.39 is 11.6 Å². The number of hydrogen-bond acceptors (Lipinski definition) is 2. The first kappa shape index (κ1) is 20.8. The number of nitrogens with zero attached hydrogens (tertiary/aromatic N) is 1. The Bertz CT molecular complexity index is 1070. The maximum absolute atomic E-state index is 13.7. The Morgan fingerprint density at radius 2 is 1.55 bits per heavy atom. The highest BCUT2D eigenvalue weighted by Crippen LogP contribution is 2.32. The second-order valence-electron chi connectivity index (χ2n) is 8.02. The van der Waals surface area contributed by atoms with Crippen LogP contribution >= 0.6 is 0 Å². The molecule has 1 unspecified atom stereocenters. The highest BCUT2D eigenvalue weighted by atomic mass is 19.1. The highest BCUT2D eigenvalue weighted by Gasteiger charge is 2.53. The molecule has 1 aliphatic heterocycles. The van der Waals surface area contributed by atoms with Crippen LogP contribution in [0.25, 0.3) is 0 Å². The van der Waals surface area contributed by atoms with Crippen molar-refractivity contribution >= 4 is 11.9 Å². The Hall–Kier alpha value is -3.51. The first-order valence-electron chi connectivity index (χ1n) is 10.3. The van der Waals surface area contributed by atoms with Crippen molar-refractivity contribution in [3.8, 4) is 0 Å². The minimum Gasteiger partial charge on any atom is -0.319 e. The molecule has 0 bridgehead atoms. The lowest BCUT2D eigenvalue weighted by Gasteiger charge is -2.28. The largest absolute Gasteiger partial charge is 0.329 e. The molecule has 3 amide bonds. The van der Waals surface area contributed by atoms with Gasteiger partial charge in [-0.25, -0.2) is 14.1 Å². The Balaban J connectivity index is 1.59. The van der Waals surface area contributed by atoms with Gasteiger partial charge in [0.15, 0.2) is 12.2 Å².